The van der Waals surface area contributed by atoms with Gasteiger partial charge in [0, 0.05) is 12.1 Å². The van der Waals surface area contributed by atoms with Crippen LogP contribution in [0.25, 0.3) is 0 Å². The lowest BCUT2D eigenvalue weighted by Crippen LogP contribution is -2.40. The number of carbonyl (C=O) groups is 1. The van der Waals surface area contributed by atoms with Gasteiger partial charge < -0.3 is 23.8 Å². The van der Waals surface area contributed by atoms with Crippen molar-refractivity contribution in [3.05, 3.63) is 82.4 Å². The summed E-state index contributed by atoms with van der Waals surface area (Å²) in [4.78, 5) is 15.2. The summed E-state index contributed by atoms with van der Waals surface area (Å²) in [5, 5.41) is 0. The van der Waals surface area contributed by atoms with Gasteiger partial charge in [0.2, 0.25) is 0 Å². The molecule has 1 aliphatic heterocycles. The molecule has 0 aromatic heterocycles. The Morgan fingerprint density at radius 1 is 0.794 bits per heavy atom. The Morgan fingerprint density at radius 3 is 2.09 bits per heavy atom. The van der Waals surface area contributed by atoms with E-state index < -0.39 is 23.6 Å². The van der Waals surface area contributed by atoms with Gasteiger partial charge in [-0.15, -0.1) is 0 Å². The smallest absolute Gasteiger partial charge is 0.254 e. The number of fused-ring (bicyclic) bond motifs is 1. The first-order chi connectivity index (χ1) is 16.4. The summed E-state index contributed by atoms with van der Waals surface area (Å²) in [6.07, 6.45) is 0.550. The van der Waals surface area contributed by atoms with Crippen molar-refractivity contribution in [3.8, 4) is 23.0 Å². The standard InChI is InChI=1S/C26H25F2NO5/c1-31-21-8-6-16(13-22(21)32-2)25-18-14-24(34-4)23(33-3)12-15(18)9-10-29(25)26(30)17-5-7-19(27)20(28)11-17/h5-8,11-14,25H,9-10H2,1-4H3/t25-/m1/s1. The highest BCUT2D eigenvalue weighted by Crippen LogP contribution is 2.43. The number of methoxy groups -OCH3 is 4. The Bertz CT molecular complexity index is 1230. The van der Waals surface area contributed by atoms with Crippen LogP contribution >= 0.6 is 0 Å². The molecule has 1 atom stereocenters. The van der Waals surface area contributed by atoms with Crippen LogP contribution in [0.3, 0.4) is 0 Å². The van der Waals surface area contributed by atoms with Crippen LogP contribution in [0, 0.1) is 11.6 Å². The maximum atomic E-state index is 13.9. The van der Waals surface area contributed by atoms with E-state index in [2.05, 4.69) is 0 Å². The van der Waals surface area contributed by atoms with Crippen LogP contribution in [0.15, 0.2) is 48.5 Å². The lowest BCUT2D eigenvalue weighted by atomic mass is 9.87. The minimum absolute atomic E-state index is 0.0632. The summed E-state index contributed by atoms with van der Waals surface area (Å²) < 4.78 is 49.2. The SMILES string of the molecule is COc1ccc([C@@H]2c3cc(OC)c(OC)cc3CCN2C(=O)c2ccc(F)c(F)c2)cc1OC. The van der Waals surface area contributed by atoms with Gasteiger partial charge in [0.1, 0.15) is 0 Å². The number of amides is 1. The van der Waals surface area contributed by atoms with Gasteiger partial charge in [-0.2, -0.15) is 0 Å². The Labute approximate surface area is 196 Å². The van der Waals surface area contributed by atoms with Crippen LogP contribution < -0.4 is 18.9 Å². The van der Waals surface area contributed by atoms with Gasteiger partial charge in [-0.05, 0) is 65.6 Å². The van der Waals surface area contributed by atoms with E-state index in [1.807, 2.05) is 18.2 Å². The molecule has 0 fully saturated rings. The molecule has 3 aromatic carbocycles. The second kappa shape index (κ2) is 9.59. The van der Waals surface area contributed by atoms with Crippen molar-refractivity contribution < 1.29 is 32.5 Å². The number of halogens is 2. The number of carbonyl (C=O) groups excluding carboxylic acids is 1. The third-order valence-corrected chi connectivity index (χ3v) is 6.02. The lowest BCUT2D eigenvalue weighted by Gasteiger charge is -2.38. The van der Waals surface area contributed by atoms with E-state index in [4.69, 9.17) is 18.9 Å². The summed E-state index contributed by atoms with van der Waals surface area (Å²) in [7, 11) is 6.19. The molecule has 0 saturated heterocycles. The van der Waals surface area contributed by atoms with Crippen molar-refractivity contribution in [3.63, 3.8) is 0 Å². The highest BCUT2D eigenvalue weighted by Gasteiger charge is 2.34. The minimum atomic E-state index is -1.07. The average Bonchev–Trinajstić information content (AvgIpc) is 2.87. The third-order valence-electron chi connectivity index (χ3n) is 6.02. The second-order valence-electron chi connectivity index (χ2n) is 7.80. The molecule has 0 saturated carbocycles. The average molecular weight is 469 g/mol. The molecule has 6 nitrogen and oxygen atoms in total. The first kappa shape index (κ1) is 23.4. The van der Waals surface area contributed by atoms with Gasteiger partial charge in [-0.1, -0.05) is 6.07 Å². The molecule has 4 rings (SSSR count). The summed E-state index contributed by atoms with van der Waals surface area (Å²) in [5.74, 6) is -0.326. The molecule has 3 aromatic rings. The van der Waals surface area contributed by atoms with Crippen LogP contribution in [0.5, 0.6) is 23.0 Å². The fourth-order valence-electron chi connectivity index (χ4n) is 4.34. The number of rotatable bonds is 6. The molecule has 1 heterocycles. The van der Waals surface area contributed by atoms with E-state index in [1.54, 1.807) is 38.4 Å². The van der Waals surface area contributed by atoms with Gasteiger partial charge in [0.15, 0.2) is 34.6 Å². The predicted molar refractivity (Wildman–Crippen MR) is 122 cm³/mol. The van der Waals surface area contributed by atoms with Crippen molar-refractivity contribution in [1.29, 1.82) is 0 Å². The monoisotopic (exact) mass is 469 g/mol. The lowest BCUT2D eigenvalue weighted by molar-refractivity contribution is 0.0693. The minimum Gasteiger partial charge on any atom is -0.493 e. The Kier molecular flexibility index (Phi) is 6.58. The largest absolute Gasteiger partial charge is 0.493 e. The molecule has 1 aliphatic rings. The van der Waals surface area contributed by atoms with Crippen molar-refractivity contribution in [1.82, 2.24) is 4.90 Å². The highest BCUT2D eigenvalue weighted by atomic mass is 19.2. The first-order valence-electron chi connectivity index (χ1n) is 10.6. The maximum Gasteiger partial charge on any atom is 0.254 e. The quantitative estimate of drug-likeness (QED) is 0.520. The van der Waals surface area contributed by atoms with Crippen LogP contribution in [-0.2, 0) is 6.42 Å². The van der Waals surface area contributed by atoms with E-state index in [1.165, 1.54) is 13.2 Å². The zero-order valence-electron chi connectivity index (χ0n) is 19.4. The molecule has 1 amide bonds. The molecule has 0 spiro atoms. The normalized spacial score (nSPS) is 14.9. The topological polar surface area (TPSA) is 57.2 Å². The Morgan fingerprint density at radius 2 is 1.44 bits per heavy atom. The summed E-state index contributed by atoms with van der Waals surface area (Å²) in [6, 6.07) is 11.8. The second-order valence-corrected chi connectivity index (χ2v) is 7.80. The highest BCUT2D eigenvalue weighted by molar-refractivity contribution is 5.95. The third kappa shape index (κ3) is 4.11. The maximum absolute atomic E-state index is 13.9. The summed E-state index contributed by atoms with van der Waals surface area (Å²) in [6.45, 7) is 0.360. The molecule has 8 heteroatoms. The van der Waals surface area contributed by atoms with E-state index in [0.29, 0.717) is 36.0 Å². The van der Waals surface area contributed by atoms with E-state index in [0.717, 1.165) is 28.8 Å². The number of hydrogen-bond acceptors (Lipinski definition) is 5. The molecule has 0 N–H and O–H groups in total. The summed E-state index contributed by atoms with van der Waals surface area (Å²) >= 11 is 0. The number of hydrogen-bond donors (Lipinski definition) is 0. The van der Waals surface area contributed by atoms with E-state index in [9.17, 15) is 13.6 Å². The molecule has 0 aliphatic carbocycles. The van der Waals surface area contributed by atoms with Crippen LogP contribution in [-0.4, -0.2) is 45.8 Å². The number of ether oxygens (including phenoxy) is 4. The fraction of sp³-hybridized carbons (Fsp3) is 0.269. The van der Waals surface area contributed by atoms with Gasteiger partial charge in [0.25, 0.3) is 5.91 Å². The molecular weight excluding hydrogens is 444 g/mol. The van der Waals surface area contributed by atoms with Gasteiger partial charge >= 0.3 is 0 Å². The zero-order valence-corrected chi connectivity index (χ0v) is 19.4. The predicted octanol–water partition coefficient (Wildman–Crippen LogP) is 4.79. The van der Waals surface area contributed by atoms with Crippen molar-refractivity contribution in [2.45, 2.75) is 12.5 Å². The fourth-order valence-corrected chi connectivity index (χ4v) is 4.34. The molecule has 178 valence electrons. The molecule has 0 bridgehead atoms. The Balaban J connectivity index is 1.88. The molecule has 0 radical (unpaired) electrons. The van der Waals surface area contributed by atoms with Crippen molar-refractivity contribution in [2.24, 2.45) is 0 Å². The van der Waals surface area contributed by atoms with E-state index >= 15 is 0 Å². The molecule has 0 unspecified atom stereocenters. The van der Waals surface area contributed by atoms with Crippen molar-refractivity contribution >= 4 is 5.91 Å². The molecular formula is C26H25F2NO5. The van der Waals surface area contributed by atoms with Gasteiger partial charge in [-0.3, -0.25) is 4.79 Å². The van der Waals surface area contributed by atoms with Crippen LogP contribution in [0.1, 0.15) is 33.1 Å². The van der Waals surface area contributed by atoms with Gasteiger partial charge in [-0.25, -0.2) is 8.78 Å². The van der Waals surface area contributed by atoms with Crippen LogP contribution in [0.4, 0.5) is 8.78 Å². The first-order valence-corrected chi connectivity index (χ1v) is 10.6. The summed E-state index contributed by atoms with van der Waals surface area (Å²) in [5.41, 5.74) is 2.66. The van der Waals surface area contributed by atoms with Gasteiger partial charge in [0.05, 0.1) is 34.5 Å². The Hall–Kier alpha value is -3.81. The van der Waals surface area contributed by atoms with Crippen LogP contribution in [0.2, 0.25) is 0 Å². The number of benzene rings is 3. The van der Waals surface area contributed by atoms with Crippen molar-refractivity contribution in [2.75, 3.05) is 35.0 Å². The molecule has 34 heavy (non-hydrogen) atoms. The zero-order chi connectivity index (χ0) is 24.4. The number of nitrogens with zero attached hydrogens (tertiary/aromatic N) is 1. The van der Waals surface area contributed by atoms with E-state index in [-0.39, 0.29) is 5.56 Å².